The van der Waals surface area contributed by atoms with E-state index in [1.54, 1.807) is 19.2 Å². The highest BCUT2D eigenvalue weighted by molar-refractivity contribution is 5.92. The Balaban J connectivity index is 1.88. The Bertz CT molecular complexity index is 1100. The smallest absolute Gasteiger partial charge is 0.359 e. The van der Waals surface area contributed by atoms with E-state index < -0.39 is 11.8 Å². The molecular weight excluding hydrogens is 353 g/mol. The summed E-state index contributed by atoms with van der Waals surface area (Å²) >= 11 is 0. The molecule has 4 rings (SSSR count). The number of ether oxygens (including phenoxy) is 2. The van der Waals surface area contributed by atoms with Gasteiger partial charge in [0.05, 0.1) is 25.6 Å². The fourth-order valence-corrected chi connectivity index (χ4v) is 3.19. The van der Waals surface area contributed by atoms with Crippen molar-refractivity contribution in [1.29, 1.82) is 0 Å². The number of benzene rings is 1. The Hall–Kier alpha value is -3.16. The molecule has 3 aromatic rings. The van der Waals surface area contributed by atoms with Crippen LogP contribution >= 0.6 is 0 Å². The number of carbonyl (C=O) groups excluding carboxylic acids is 1. The first-order valence-electron chi connectivity index (χ1n) is 8.70. The third kappa shape index (κ3) is 2.97. The van der Waals surface area contributed by atoms with Gasteiger partial charge in [0, 0.05) is 11.1 Å². The number of rotatable bonds is 5. The van der Waals surface area contributed by atoms with Gasteiger partial charge in [-0.25, -0.2) is 13.7 Å². The Morgan fingerprint density at radius 1 is 1.41 bits per heavy atom. The number of aromatic nitrogens is 3. The molecule has 8 heteroatoms. The number of fused-ring (bicyclic) bond motifs is 1. The van der Waals surface area contributed by atoms with Crippen molar-refractivity contribution in [1.82, 2.24) is 14.6 Å². The summed E-state index contributed by atoms with van der Waals surface area (Å²) in [7, 11) is 1.38. The van der Waals surface area contributed by atoms with E-state index in [0.29, 0.717) is 22.3 Å². The fraction of sp³-hybridized carbons (Fsp3) is 0.316. The molecule has 0 bridgehead atoms. The molecule has 1 saturated carbocycles. The van der Waals surface area contributed by atoms with Crippen LogP contribution in [0.5, 0.6) is 5.75 Å². The second-order valence-electron chi connectivity index (χ2n) is 6.40. The van der Waals surface area contributed by atoms with E-state index in [1.165, 1.54) is 23.8 Å². The molecule has 2 heterocycles. The lowest BCUT2D eigenvalue weighted by Gasteiger charge is -2.06. The van der Waals surface area contributed by atoms with Crippen molar-refractivity contribution in [3.05, 3.63) is 51.8 Å². The standard InChI is InChI=1S/C19H18FN3O4/c1-3-27-19(25)16-15(10-4-5-10)17-18(24)21-13(9-23(17)22-16)11-6-7-14(26-2)12(20)8-11/h6-10H,3-5H2,1-2H3,(H,21,24). The van der Waals surface area contributed by atoms with Gasteiger partial charge < -0.3 is 14.5 Å². The maximum atomic E-state index is 14.0. The summed E-state index contributed by atoms with van der Waals surface area (Å²) in [5, 5.41) is 4.30. The SMILES string of the molecule is CCOC(=O)c1nn2cc(-c3ccc(OC)c(F)c3)[nH]c(=O)c2c1C1CC1. The zero-order valence-corrected chi connectivity index (χ0v) is 14.9. The normalized spacial score (nSPS) is 13.7. The molecule has 0 saturated heterocycles. The Kier molecular flexibility index (Phi) is 4.18. The van der Waals surface area contributed by atoms with Crippen LogP contribution in [0.25, 0.3) is 16.8 Å². The summed E-state index contributed by atoms with van der Waals surface area (Å²) in [6.07, 6.45) is 3.38. The number of hydrogen-bond acceptors (Lipinski definition) is 5. The highest BCUT2D eigenvalue weighted by atomic mass is 19.1. The number of H-pyrrole nitrogens is 1. The molecule has 0 amide bonds. The number of aromatic amines is 1. The lowest BCUT2D eigenvalue weighted by atomic mass is 10.1. The second kappa shape index (κ2) is 6.53. The van der Waals surface area contributed by atoms with Crippen LogP contribution in [-0.2, 0) is 4.74 Å². The number of carbonyl (C=O) groups is 1. The Labute approximate surface area is 153 Å². The van der Waals surface area contributed by atoms with Crippen molar-refractivity contribution in [2.75, 3.05) is 13.7 Å². The molecule has 0 aliphatic heterocycles. The number of esters is 1. The van der Waals surface area contributed by atoms with Gasteiger partial charge in [-0.15, -0.1) is 0 Å². The molecule has 1 fully saturated rings. The van der Waals surface area contributed by atoms with Gasteiger partial charge in [-0.3, -0.25) is 4.79 Å². The largest absolute Gasteiger partial charge is 0.494 e. The molecule has 0 radical (unpaired) electrons. The first-order chi connectivity index (χ1) is 13.0. The lowest BCUT2D eigenvalue weighted by molar-refractivity contribution is 0.0517. The summed E-state index contributed by atoms with van der Waals surface area (Å²) < 4.78 is 25.4. The summed E-state index contributed by atoms with van der Waals surface area (Å²) in [6.45, 7) is 1.94. The molecule has 27 heavy (non-hydrogen) atoms. The van der Waals surface area contributed by atoms with Crippen molar-refractivity contribution in [3.63, 3.8) is 0 Å². The highest BCUT2D eigenvalue weighted by Gasteiger charge is 2.34. The highest BCUT2D eigenvalue weighted by Crippen LogP contribution is 2.43. The van der Waals surface area contributed by atoms with Crippen molar-refractivity contribution >= 4 is 11.5 Å². The molecule has 0 unspecified atom stereocenters. The maximum Gasteiger partial charge on any atom is 0.359 e. The van der Waals surface area contributed by atoms with E-state index in [2.05, 4.69) is 10.1 Å². The van der Waals surface area contributed by atoms with Gasteiger partial charge in [0.15, 0.2) is 17.3 Å². The molecule has 1 aliphatic carbocycles. The lowest BCUT2D eigenvalue weighted by Crippen LogP contribution is -2.12. The number of methoxy groups -OCH3 is 1. The van der Waals surface area contributed by atoms with E-state index in [-0.39, 0.29) is 29.5 Å². The third-order valence-corrected chi connectivity index (χ3v) is 4.58. The fourth-order valence-electron chi connectivity index (χ4n) is 3.19. The van der Waals surface area contributed by atoms with Crippen molar-refractivity contribution < 1.29 is 18.7 Å². The first kappa shape index (κ1) is 17.3. The van der Waals surface area contributed by atoms with Crippen LogP contribution in [0.15, 0.2) is 29.2 Å². The average molecular weight is 371 g/mol. The van der Waals surface area contributed by atoms with Crippen LogP contribution in [0.2, 0.25) is 0 Å². The van der Waals surface area contributed by atoms with Crippen molar-refractivity contribution in [2.45, 2.75) is 25.7 Å². The number of halogens is 1. The molecule has 7 nitrogen and oxygen atoms in total. The van der Waals surface area contributed by atoms with Crippen LogP contribution in [0, 0.1) is 5.82 Å². The van der Waals surface area contributed by atoms with E-state index in [9.17, 15) is 14.0 Å². The minimum absolute atomic E-state index is 0.113. The molecule has 0 atom stereocenters. The molecule has 140 valence electrons. The predicted octanol–water partition coefficient (Wildman–Crippen LogP) is 2.89. The van der Waals surface area contributed by atoms with Crippen LogP contribution in [-0.4, -0.2) is 34.3 Å². The molecule has 1 aliphatic rings. The molecule has 1 aromatic carbocycles. The Morgan fingerprint density at radius 3 is 2.81 bits per heavy atom. The monoisotopic (exact) mass is 371 g/mol. The number of hydrogen-bond donors (Lipinski definition) is 1. The minimum Gasteiger partial charge on any atom is -0.494 e. The van der Waals surface area contributed by atoms with Gasteiger partial charge >= 0.3 is 5.97 Å². The molecule has 0 spiro atoms. The van der Waals surface area contributed by atoms with Crippen LogP contribution in [0.1, 0.15) is 41.7 Å². The van der Waals surface area contributed by atoms with Gasteiger partial charge in [-0.05, 0) is 43.9 Å². The summed E-state index contributed by atoms with van der Waals surface area (Å²) in [6, 6.07) is 4.39. The zero-order valence-electron chi connectivity index (χ0n) is 14.9. The van der Waals surface area contributed by atoms with E-state index in [0.717, 1.165) is 12.8 Å². The second-order valence-corrected chi connectivity index (χ2v) is 6.40. The van der Waals surface area contributed by atoms with Gasteiger partial charge in [0.25, 0.3) is 5.56 Å². The molecule has 1 N–H and O–H groups in total. The molecule has 2 aromatic heterocycles. The topological polar surface area (TPSA) is 85.7 Å². The van der Waals surface area contributed by atoms with Gasteiger partial charge in [-0.2, -0.15) is 5.10 Å². The predicted molar refractivity (Wildman–Crippen MR) is 95.7 cm³/mol. The van der Waals surface area contributed by atoms with E-state index in [1.807, 2.05) is 0 Å². The molecular formula is C19H18FN3O4. The first-order valence-corrected chi connectivity index (χ1v) is 8.70. The van der Waals surface area contributed by atoms with Gasteiger partial charge in [0.1, 0.15) is 5.52 Å². The zero-order chi connectivity index (χ0) is 19.1. The van der Waals surface area contributed by atoms with Gasteiger partial charge in [-0.1, -0.05) is 0 Å². The van der Waals surface area contributed by atoms with Crippen LogP contribution in [0.3, 0.4) is 0 Å². The van der Waals surface area contributed by atoms with Gasteiger partial charge in [0.2, 0.25) is 0 Å². The van der Waals surface area contributed by atoms with E-state index >= 15 is 0 Å². The van der Waals surface area contributed by atoms with Crippen LogP contribution < -0.4 is 10.3 Å². The summed E-state index contributed by atoms with van der Waals surface area (Å²) in [4.78, 5) is 27.8. The third-order valence-electron chi connectivity index (χ3n) is 4.58. The van der Waals surface area contributed by atoms with Crippen LogP contribution in [0.4, 0.5) is 4.39 Å². The quantitative estimate of drug-likeness (QED) is 0.697. The Morgan fingerprint density at radius 2 is 2.19 bits per heavy atom. The van der Waals surface area contributed by atoms with E-state index in [4.69, 9.17) is 9.47 Å². The minimum atomic E-state index is -0.542. The maximum absolute atomic E-state index is 14.0. The summed E-state index contributed by atoms with van der Waals surface area (Å²) in [5.74, 6) is -0.837. The van der Waals surface area contributed by atoms with Crippen molar-refractivity contribution in [3.8, 4) is 17.0 Å². The van der Waals surface area contributed by atoms with Crippen molar-refractivity contribution in [2.24, 2.45) is 0 Å². The number of nitrogens with zero attached hydrogens (tertiary/aromatic N) is 2. The summed E-state index contributed by atoms with van der Waals surface area (Å²) in [5.41, 5.74) is 1.60. The average Bonchev–Trinajstić information content (AvgIpc) is 3.41. The number of nitrogens with one attached hydrogen (secondary N) is 1.